The Hall–Kier alpha value is -1.54. The van der Waals surface area contributed by atoms with E-state index < -0.39 is 0 Å². The SMILES string of the molecule is Cc1ccc(C2=CC(C)(C)Oc3ccc(Br)cc32)cc1. The maximum atomic E-state index is 6.05. The summed E-state index contributed by atoms with van der Waals surface area (Å²) in [7, 11) is 0. The maximum Gasteiger partial charge on any atom is 0.128 e. The molecule has 2 aromatic carbocycles. The van der Waals surface area contributed by atoms with Crippen LogP contribution in [0.5, 0.6) is 5.75 Å². The number of rotatable bonds is 1. The highest BCUT2D eigenvalue weighted by Crippen LogP contribution is 2.40. The van der Waals surface area contributed by atoms with Crippen LogP contribution in [0.1, 0.15) is 30.5 Å². The molecule has 0 aromatic heterocycles. The van der Waals surface area contributed by atoms with Crippen LogP contribution in [0, 0.1) is 6.92 Å². The van der Waals surface area contributed by atoms with E-state index in [1.54, 1.807) is 0 Å². The van der Waals surface area contributed by atoms with E-state index in [2.05, 4.69) is 73.1 Å². The second-order valence-electron chi connectivity index (χ2n) is 5.77. The van der Waals surface area contributed by atoms with Gasteiger partial charge in [-0.3, -0.25) is 0 Å². The lowest BCUT2D eigenvalue weighted by atomic mass is 9.90. The Morgan fingerprint density at radius 3 is 2.40 bits per heavy atom. The topological polar surface area (TPSA) is 9.23 Å². The van der Waals surface area contributed by atoms with Crippen LogP contribution in [0.15, 0.2) is 53.0 Å². The van der Waals surface area contributed by atoms with Crippen LogP contribution in [-0.4, -0.2) is 5.60 Å². The number of ether oxygens (including phenoxy) is 1. The van der Waals surface area contributed by atoms with Gasteiger partial charge in [0.1, 0.15) is 11.4 Å². The van der Waals surface area contributed by atoms with E-state index in [1.807, 2.05) is 12.1 Å². The molecule has 0 atom stereocenters. The predicted octanol–water partition coefficient (Wildman–Crippen LogP) is 5.36. The van der Waals surface area contributed by atoms with Gasteiger partial charge in [0.15, 0.2) is 0 Å². The maximum absolute atomic E-state index is 6.05. The summed E-state index contributed by atoms with van der Waals surface area (Å²) in [5.41, 5.74) is 4.59. The monoisotopic (exact) mass is 328 g/mol. The first kappa shape index (κ1) is 13.4. The lowest BCUT2D eigenvalue weighted by Crippen LogP contribution is -2.29. The van der Waals surface area contributed by atoms with Crippen LogP contribution in [0.2, 0.25) is 0 Å². The first-order valence-electron chi connectivity index (χ1n) is 6.73. The molecule has 2 aromatic rings. The fraction of sp³-hybridized carbons (Fsp3) is 0.222. The summed E-state index contributed by atoms with van der Waals surface area (Å²) in [5, 5.41) is 0. The second-order valence-corrected chi connectivity index (χ2v) is 6.69. The minimum absolute atomic E-state index is 0.291. The molecule has 0 radical (unpaired) electrons. The number of halogens is 1. The summed E-state index contributed by atoms with van der Waals surface area (Å²) in [4.78, 5) is 0. The number of fused-ring (bicyclic) bond motifs is 1. The van der Waals surface area contributed by atoms with Gasteiger partial charge in [0.25, 0.3) is 0 Å². The van der Waals surface area contributed by atoms with Crippen molar-refractivity contribution in [1.29, 1.82) is 0 Å². The van der Waals surface area contributed by atoms with Crippen molar-refractivity contribution in [3.8, 4) is 5.75 Å². The molecule has 0 saturated carbocycles. The average molecular weight is 329 g/mol. The average Bonchev–Trinajstić information content (AvgIpc) is 2.39. The minimum atomic E-state index is -0.291. The number of aryl methyl sites for hydroxylation is 1. The van der Waals surface area contributed by atoms with Crippen molar-refractivity contribution in [2.45, 2.75) is 26.4 Å². The van der Waals surface area contributed by atoms with Crippen LogP contribution in [0.3, 0.4) is 0 Å². The Morgan fingerprint density at radius 2 is 1.70 bits per heavy atom. The van der Waals surface area contributed by atoms with Gasteiger partial charge in [0.2, 0.25) is 0 Å². The molecule has 0 unspecified atom stereocenters. The molecule has 0 aliphatic carbocycles. The molecule has 0 saturated heterocycles. The summed E-state index contributed by atoms with van der Waals surface area (Å²) in [6.07, 6.45) is 2.20. The molecule has 1 aliphatic heterocycles. The van der Waals surface area contributed by atoms with Crippen LogP contribution in [-0.2, 0) is 0 Å². The van der Waals surface area contributed by atoms with Gasteiger partial charge in [-0.25, -0.2) is 0 Å². The molecule has 0 amide bonds. The molecule has 0 spiro atoms. The van der Waals surface area contributed by atoms with Crippen molar-refractivity contribution >= 4 is 21.5 Å². The summed E-state index contributed by atoms with van der Waals surface area (Å²) < 4.78 is 7.12. The summed E-state index contributed by atoms with van der Waals surface area (Å²) in [5.74, 6) is 0.941. The standard InChI is InChI=1S/C18H17BrO/c1-12-4-6-13(7-5-12)16-11-18(2,3)20-17-9-8-14(19)10-15(16)17/h4-11H,1-3H3. The van der Waals surface area contributed by atoms with Crippen molar-refractivity contribution in [3.05, 3.63) is 69.7 Å². The third-order valence-corrected chi connectivity index (χ3v) is 3.95. The van der Waals surface area contributed by atoms with E-state index >= 15 is 0 Å². The fourth-order valence-electron chi connectivity index (χ4n) is 2.51. The lowest BCUT2D eigenvalue weighted by molar-refractivity contribution is 0.158. The van der Waals surface area contributed by atoms with Gasteiger partial charge in [0, 0.05) is 10.0 Å². The molecular weight excluding hydrogens is 312 g/mol. The molecule has 0 bridgehead atoms. The number of hydrogen-bond acceptors (Lipinski definition) is 1. The van der Waals surface area contributed by atoms with Gasteiger partial charge >= 0.3 is 0 Å². The normalized spacial score (nSPS) is 16.1. The zero-order valence-electron chi connectivity index (χ0n) is 11.9. The van der Waals surface area contributed by atoms with Crippen molar-refractivity contribution in [3.63, 3.8) is 0 Å². The van der Waals surface area contributed by atoms with Gasteiger partial charge in [0.05, 0.1) is 0 Å². The lowest BCUT2D eigenvalue weighted by Gasteiger charge is -2.31. The Bertz CT molecular complexity index is 681. The largest absolute Gasteiger partial charge is 0.483 e. The molecule has 1 aliphatic rings. The zero-order chi connectivity index (χ0) is 14.3. The van der Waals surface area contributed by atoms with Gasteiger partial charge < -0.3 is 4.74 Å². The molecular formula is C18H17BrO. The van der Waals surface area contributed by atoms with Gasteiger partial charge in [-0.15, -0.1) is 0 Å². The molecule has 2 heteroatoms. The molecule has 0 fully saturated rings. The van der Waals surface area contributed by atoms with E-state index in [4.69, 9.17) is 4.74 Å². The smallest absolute Gasteiger partial charge is 0.128 e. The fourth-order valence-corrected chi connectivity index (χ4v) is 2.87. The minimum Gasteiger partial charge on any atom is -0.483 e. The first-order chi connectivity index (χ1) is 9.44. The molecule has 3 rings (SSSR count). The summed E-state index contributed by atoms with van der Waals surface area (Å²) in [6, 6.07) is 14.8. The Labute approximate surface area is 128 Å². The van der Waals surface area contributed by atoms with Crippen molar-refractivity contribution in [2.24, 2.45) is 0 Å². The quantitative estimate of drug-likeness (QED) is 0.684. The molecule has 1 nitrogen and oxygen atoms in total. The Kier molecular flexibility index (Phi) is 3.21. The molecule has 1 heterocycles. The number of hydrogen-bond donors (Lipinski definition) is 0. The second kappa shape index (κ2) is 4.78. The third kappa shape index (κ3) is 2.53. The highest BCUT2D eigenvalue weighted by molar-refractivity contribution is 9.10. The summed E-state index contributed by atoms with van der Waals surface area (Å²) in [6.45, 7) is 6.29. The predicted molar refractivity (Wildman–Crippen MR) is 87.1 cm³/mol. The van der Waals surface area contributed by atoms with E-state index in [-0.39, 0.29) is 5.60 Å². The van der Waals surface area contributed by atoms with Crippen LogP contribution in [0.4, 0.5) is 0 Å². The van der Waals surface area contributed by atoms with Gasteiger partial charge in [-0.1, -0.05) is 45.8 Å². The Morgan fingerprint density at radius 1 is 1.00 bits per heavy atom. The van der Waals surface area contributed by atoms with E-state index in [1.165, 1.54) is 16.7 Å². The molecule has 0 N–H and O–H groups in total. The first-order valence-corrected chi connectivity index (χ1v) is 7.53. The van der Waals surface area contributed by atoms with E-state index in [0.29, 0.717) is 0 Å². The van der Waals surface area contributed by atoms with Crippen molar-refractivity contribution in [1.82, 2.24) is 0 Å². The Balaban J connectivity index is 2.19. The summed E-state index contributed by atoms with van der Waals surface area (Å²) >= 11 is 3.55. The molecule has 102 valence electrons. The van der Waals surface area contributed by atoms with Gasteiger partial charge in [-0.05, 0) is 56.2 Å². The molecule has 20 heavy (non-hydrogen) atoms. The van der Waals surface area contributed by atoms with Crippen LogP contribution in [0.25, 0.3) is 5.57 Å². The van der Waals surface area contributed by atoms with Crippen LogP contribution >= 0.6 is 15.9 Å². The van der Waals surface area contributed by atoms with Gasteiger partial charge in [-0.2, -0.15) is 0 Å². The van der Waals surface area contributed by atoms with Crippen LogP contribution < -0.4 is 4.74 Å². The highest BCUT2D eigenvalue weighted by atomic mass is 79.9. The highest BCUT2D eigenvalue weighted by Gasteiger charge is 2.27. The van der Waals surface area contributed by atoms with Crippen molar-refractivity contribution < 1.29 is 4.74 Å². The third-order valence-electron chi connectivity index (χ3n) is 3.46. The zero-order valence-corrected chi connectivity index (χ0v) is 13.5. The van der Waals surface area contributed by atoms with Crippen molar-refractivity contribution in [2.75, 3.05) is 0 Å². The van der Waals surface area contributed by atoms with E-state index in [9.17, 15) is 0 Å². The number of benzene rings is 2. The van der Waals surface area contributed by atoms with E-state index in [0.717, 1.165) is 15.8 Å².